The van der Waals surface area contributed by atoms with Crippen molar-refractivity contribution in [2.24, 2.45) is 11.3 Å². The average Bonchev–Trinajstić information content (AvgIpc) is 1.88. The van der Waals surface area contributed by atoms with Crippen LogP contribution in [-0.2, 0) is 0 Å². The summed E-state index contributed by atoms with van der Waals surface area (Å²) in [7, 11) is 0. The first-order valence-electron chi connectivity index (χ1n) is 4.40. The van der Waals surface area contributed by atoms with E-state index in [1.807, 2.05) is 0 Å². The summed E-state index contributed by atoms with van der Waals surface area (Å²) in [6.45, 7) is 12.7. The average molecular weight is 152 g/mol. The fraction of sp³-hybridized carbons (Fsp3) is 0.727. The molecule has 0 heteroatoms. The molecular weight excluding hydrogens is 132 g/mol. The summed E-state index contributed by atoms with van der Waals surface area (Å²) < 4.78 is 0. The van der Waals surface area contributed by atoms with E-state index in [-0.39, 0.29) is 0 Å². The van der Waals surface area contributed by atoms with E-state index >= 15 is 0 Å². The summed E-state index contributed by atoms with van der Waals surface area (Å²) >= 11 is 0. The molecule has 1 atom stereocenters. The number of hydrogen-bond donors (Lipinski definition) is 0. The minimum atomic E-state index is 0.402. The number of rotatable bonds is 4. The van der Waals surface area contributed by atoms with Crippen LogP contribution in [0.2, 0.25) is 0 Å². The minimum absolute atomic E-state index is 0.402. The third kappa shape index (κ3) is 3.43. The van der Waals surface area contributed by atoms with Gasteiger partial charge in [-0.15, -0.1) is 5.73 Å². The Kier molecular flexibility index (Phi) is 4.22. The van der Waals surface area contributed by atoms with Gasteiger partial charge in [-0.05, 0) is 23.8 Å². The van der Waals surface area contributed by atoms with Crippen molar-refractivity contribution in [2.75, 3.05) is 0 Å². The molecule has 0 spiro atoms. The molecule has 0 aliphatic heterocycles. The largest absolute Gasteiger partial charge is 0.133 e. The molecule has 0 radical (unpaired) electrons. The Labute approximate surface area is 71.0 Å². The summed E-state index contributed by atoms with van der Waals surface area (Å²) in [6, 6.07) is 0. The van der Waals surface area contributed by atoms with Gasteiger partial charge in [0, 0.05) is 0 Å². The molecule has 0 aromatic heterocycles. The van der Waals surface area contributed by atoms with Crippen molar-refractivity contribution < 1.29 is 0 Å². The van der Waals surface area contributed by atoms with Crippen molar-refractivity contribution in [1.29, 1.82) is 0 Å². The first kappa shape index (κ1) is 10.5. The van der Waals surface area contributed by atoms with Gasteiger partial charge in [0.1, 0.15) is 0 Å². The molecule has 11 heavy (non-hydrogen) atoms. The van der Waals surface area contributed by atoms with Gasteiger partial charge in [-0.25, -0.2) is 0 Å². The summed E-state index contributed by atoms with van der Waals surface area (Å²) in [5, 5.41) is 0. The Morgan fingerprint density at radius 1 is 1.55 bits per heavy atom. The van der Waals surface area contributed by atoms with Crippen LogP contribution < -0.4 is 0 Å². The van der Waals surface area contributed by atoms with Crippen LogP contribution in [0.3, 0.4) is 0 Å². The standard InChI is InChI=1S/C11H20/c1-6-8-10(3)11(4,5)9-7-2/h8,10H,1,7,9H2,2-5H3. The Balaban J connectivity index is 4.15. The third-order valence-electron chi connectivity index (χ3n) is 2.49. The van der Waals surface area contributed by atoms with Crippen molar-refractivity contribution in [2.45, 2.75) is 40.5 Å². The van der Waals surface area contributed by atoms with Crippen molar-refractivity contribution >= 4 is 0 Å². The van der Waals surface area contributed by atoms with E-state index in [1.165, 1.54) is 12.8 Å². The maximum absolute atomic E-state index is 3.59. The van der Waals surface area contributed by atoms with Gasteiger partial charge in [0.25, 0.3) is 0 Å². The first-order valence-corrected chi connectivity index (χ1v) is 4.40. The van der Waals surface area contributed by atoms with Crippen molar-refractivity contribution in [3.8, 4) is 0 Å². The van der Waals surface area contributed by atoms with Crippen LogP contribution in [0, 0.1) is 11.3 Å². The normalized spacial score (nSPS) is 13.8. The zero-order valence-electron chi connectivity index (χ0n) is 8.28. The smallest absolute Gasteiger partial charge is 0.0135 e. The second kappa shape index (κ2) is 4.41. The molecule has 0 heterocycles. The molecule has 1 unspecified atom stereocenters. The monoisotopic (exact) mass is 152 g/mol. The molecular formula is C11H20. The molecule has 0 N–H and O–H groups in total. The van der Waals surface area contributed by atoms with Crippen LogP contribution in [0.1, 0.15) is 40.5 Å². The van der Waals surface area contributed by atoms with Crippen molar-refractivity contribution in [3.05, 3.63) is 18.4 Å². The molecule has 0 saturated heterocycles. The highest BCUT2D eigenvalue weighted by atomic mass is 14.3. The molecule has 0 fully saturated rings. The Hall–Kier alpha value is -0.480. The Morgan fingerprint density at radius 3 is 2.45 bits per heavy atom. The van der Waals surface area contributed by atoms with Crippen LogP contribution >= 0.6 is 0 Å². The molecule has 0 saturated carbocycles. The summed E-state index contributed by atoms with van der Waals surface area (Å²) in [5.74, 6) is 0.583. The molecule has 0 rings (SSSR count). The Bertz CT molecular complexity index is 147. The topological polar surface area (TPSA) is 0 Å². The molecule has 0 aromatic rings. The lowest BCUT2D eigenvalue weighted by Gasteiger charge is -2.28. The first-order chi connectivity index (χ1) is 5.04. The second-order valence-electron chi connectivity index (χ2n) is 3.90. The van der Waals surface area contributed by atoms with Crippen LogP contribution in [0.25, 0.3) is 0 Å². The summed E-state index contributed by atoms with van der Waals surface area (Å²) in [4.78, 5) is 0. The van der Waals surface area contributed by atoms with E-state index in [1.54, 1.807) is 0 Å². The second-order valence-corrected chi connectivity index (χ2v) is 3.90. The fourth-order valence-electron chi connectivity index (χ4n) is 1.27. The minimum Gasteiger partial charge on any atom is -0.133 e. The zero-order chi connectivity index (χ0) is 8.91. The molecule has 64 valence electrons. The number of hydrogen-bond acceptors (Lipinski definition) is 0. The number of allylic oxidation sites excluding steroid dienone is 1. The quantitative estimate of drug-likeness (QED) is 0.538. The van der Waals surface area contributed by atoms with Crippen molar-refractivity contribution in [3.63, 3.8) is 0 Å². The van der Waals surface area contributed by atoms with E-state index in [0.29, 0.717) is 11.3 Å². The van der Waals surface area contributed by atoms with Crippen LogP contribution in [0.15, 0.2) is 18.4 Å². The molecule has 0 bridgehead atoms. The van der Waals surface area contributed by atoms with E-state index in [9.17, 15) is 0 Å². The third-order valence-corrected chi connectivity index (χ3v) is 2.49. The van der Waals surface area contributed by atoms with Gasteiger partial charge in [-0.1, -0.05) is 40.7 Å². The van der Waals surface area contributed by atoms with Crippen LogP contribution in [-0.4, -0.2) is 0 Å². The lowest BCUT2D eigenvalue weighted by atomic mass is 9.76. The van der Waals surface area contributed by atoms with Gasteiger partial charge in [-0.3, -0.25) is 0 Å². The highest BCUT2D eigenvalue weighted by molar-refractivity contribution is 4.90. The highest BCUT2D eigenvalue weighted by Gasteiger charge is 2.22. The van der Waals surface area contributed by atoms with Gasteiger partial charge in [0.05, 0.1) is 0 Å². The molecule has 0 aliphatic carbocycles. The van der Waals surface area contributed by atoms with Gasteiger partial charge in [0.2, 0.25) is 0 Å². The fourth-order valence-corrected chi connectivity index (χ4v) is 1.27. The molecule has 0 amide bonds. The lowest BCUT2D eigenvalue weighted by Crippen LogP contribution is -2.19. The molecule has 0 aromatic carbocycles. The van der Waals surface area contributed by atoms with Crippen molar-refractivity contribution in [1.82, 2.24) is 0 Å². The molecule has 0 nitrogen and oxygen atoms in total. The van der Waals surface area contributed by atoms with Gasteiger partial charge in [0.15, 0.2) is 0 Å². The van der Waals surface area contributed by atoms with Gasteiger partial charge >= 0.3 is 0 Å². The maximum Gasteiger partial charge on any atom is -0.0135 e. The maximum atomic E-state index is 3.59. The van der Waals surface area contributed by atoms with E-state index in [4.69, 9.17) is 0 Å². The van der Waals surface area contributed by atoms with E-state index < -0.39 is 0 Å². The Morgan fingerprint density at radius 2 is 2.09 bits per heavy atom. The van der Waals surface area contributed by atoms with Gasteiger partial charge in [-0.2, -0.15) is 0 Å². The van der Waals surface area contributed by atoms with E-state index in [0.717, 1.165) is 0 Å². The van der Waals surface area contributed by atoms with Crippen LogP contribution in [0.4, 0.5) is 0 Å². The predicted molar refractivity (Wildman–Crippen MR) is 51.6 cm³/mol. The molecule has 0 aliphatic rings. The predicted octanol–water partition coefficient (Wildman–Crippen LogP) is 3.79. The lowest BCUT2D eigenvalue weighted by molar-refractivity contribution is 0.252. The summed E-state index contributed by atoms with van der Waals surface area (Å²) in [5.41, 5.74) is 3.26. The highest BCUT2D eigenvalue weighted by Crippen LogP contribution is 2.32. The zero-order valence-corrected chi connectivity index (χ0v) is 8.28. The van der Waals surface area contributed by atoms with Gasteiger partial charge < -0.3 is 0 Å². The van der Waals surface area contributed by atoms with Crippen LogP contribution in [0.5, 0.6) is 0 Å². The SMILES string of the molecule is C=C=CC(C)C(C)(C)CCC. The van der Waals surface area contributed by atoms with E-state index in [2.05, 4.69) is 46.1 Å². The summed E-state index contributed by atoms with van der Waals surface area (Å²) in [6.07, 6.45) is 4.59.